The average molecular weight is 220 g/mol. The number of likely N-dealkylation sites (N-methyl/N-ethyl adjacent to an activating group) is 1. The monoisotopic (exact) mass is 220 g/mol. The Hall–Kier alpha value is -1.16. The van der Waals surface area contributed by atoms with E-state index in [0.29, 0.717) is 12.0 Å². The molecule has 0 spiro atoms. The zero-order valence-corrected chi connectivity index (χ0v) is 10.3. The van der Waals surface area contributed by atoms with Crippen molar-refractivity contribution in [2.45, 2.75) is 32.2 Å². The van der Waals surface area contributed by atoms with Gasteiger partial charge in [-0.15, -0.1) is 0 Å². The summed E-state index contributed by atoms with van der Waals surface area (Å²) in [6.07, 6.45) is 5.05. The molecule has 1 aromatic rings. The molecular weight excluding hydrogens is 200 g/mol. The minimum Gasteiger partial charge on any atom is -0.340 e. The summed E-state index contributed by atoms with van der Waals surface area (Å²) < 4.78 is 0. The molecule has 1 aliphatic rings. The molecule has 1 fully saturated rings. The normalized spacial score (nSPS) is 20.4. The predicted molar refractivity (Wildman–Crippen MR) is 65.8 cm³/mol. The van der Waals surface area contributed by atoms with E-state index in [1.807, 2.05) is 12.4 Å². The Morgan fingerprint density at radius 3 is 2.56 bits per heavy atom. The molecule has 1 atom stereocenters. The number of hydrogen-bond donors (Lipinski definition) is 1. The molecule has 4 nitrogen and oxygen atoms in total. The van der Waals surface area contributed by atoms with Crippen LogP contribution in [0, 0.1) is 0 Å². The maximum atomic E-state index is 4.43. The van der Waals surface area contributed by atoms with E-state index in [1.54, 1.807) is 0 Å². The number of aromatic nitrogens is 2. The molecule has 0 amide bonds. The van der Waals surface area contributed by atoms with Crippen LogP contribution >= 0.6 is 0 Å². The van der Waals surface area contributed by atoms with Gasteiger partial charge in [-0.05, 0) is 24.4 Å². The summed E-state index contributed by atoms with van der Waals surface area (Å²) in [5.74, 6) is 1.32. The predicted octanol–water partition coefficient (Wildman–Crippen LogP) is 1.40. The van der Waals surface area contributed by atoms with Crippen LogP contribution in [0.15, 0.2) is 12.4 Å². The third-order valence-electron chi connectivity index (χ3n) is 3.22. The quantitative estimate of drug-likeness (QED) is 0.836. The summed E-state index contributed by atoms with van der Waals surface area (Å²) in [5, 5.41) is 3.36. The van der Waals surface area contributed by atoms with Gasteiger partial charge < -0.3 is 10.2 Å². The van der Waals surface area contributed by atoms with Crippen LogP contribution in [-0.2, 0) is 0 Å². The van der Waals surface area contributed by atoms with E-state index in [1.165, 1.54) is 12.0 Å². The third-order valence-corrected chi connectivity index (χ3v) is 3.22. The van der Waals surface area contributed by atoms with Crippen molar-refractivity contribution in [1.82, 2.24) is 15.3 Å². The molecular formula is C12H20N4. The zero-order chi connectivity index (χ0) is 11.5. The molecule has 0 saturated carbocycles. The number of nitrogens with one attached hydrogen (secondary N) is 1. The van der Waals surface area contributed by atoms with Crippen molar-refractivity contribution in [3.63, 3.8) is 0 Å². The van der Waals surface area contributed by atoms with Crippen LogP contribution < -0.4 is 10.2 Å². The highest BCUT2D eigenvalue weighted by atomic mass is 15.3. The smallest absolute Gasteiger partial charge is 0.225 e. The molecule has 1 saturated heterocycles. The molecule has 1 aliphatic heterocycles. The van der Waals surface area contributed by atoms with Crippen LogP contribution in [0.3, 0.4) is 0 Å². The summed E-state index contributed by atoms with van der Waals surface area (Å²) in [6.45, 7) is 6.44. The fraction of sp³-hybridized carbons (Fsp3) is 0.667. The van der Waals surface area contributed by atoms with Gasteiger partial charge in [-0.3, -0.25) is 0 Å². The second kappa shape index (κ2) is 4.78. The molecule has 0 aromatic carbocycles. The Bertz CT molecular complexity index is 327. The van der Waals surface area contributed by atoms with Crippen LogP contribution in [0.1, 0.15) is 31.7 Å². The molecule has 16 heavy (non-hydrogen) atoms. The van der Waals surface area contributed by atoms with Gasteiger partial charge in [0.05, 0.1) is 0 Å². The molecule has 1 N–H and O–H groups in total. The molecule has 2 rings (SSSR count). The summed E-state index contributed by atoms with van der Waals surface area (Å²) in [6, 6.07) is 0.532. The highest BCUT2D eigenvalue weighted by Crippen LogP contribution is 2.16. The van der Waals surface area contributed by atoms with E-state index in [9.17, 15) is 0 Å². The first-order valence-corrected chi connectivity index (χ1v) is 5.94. The van der Waals surface area contributed by atoms with Gasteiger partial charge in [0, 0.05) is 32.0 Å². The van der Waals surface area contributed by atoms with Crippen LogP contribution in [0.5, 0.6) is 0 Å². The molecule has 2 heterocycles. The molecule has 0 bridgehead atoms. The van der Waals surface area contributed by atoms with Crippen LogP contribution in [0.2, 0.25) is 0 Å². The van der Waals surface area contributed by atoms with E-state index < -0.39 is 0 Å². The van der Waals surface area contributed by atoms with Crippen LogP contribution in [0.25, 0.3) is 0 Å². The van der Waals surface area contributed by atoms with E-state index in [2.05, 4.69) is 41.1 Å². The molecule has 1 aromatic heterocycles. The van der Waals surface area contributed by atoms with Crippen molar-refractivity contribution in [1.29, 1.82) is 0 Å². The first-order chi connectivity index (χ1) is 7.68. The Morgan fingerprint density at radius 1 is 1.38 bits per heavy atom. The van der Waals surface area contributed by atoms with Crippen LogP contribution in [0.4, 0.5) is 5.95 Å². The maximum absolute atomic E-state index is 4.43. The first kappa shape index (κ1) is 11.3. The lowest BCUT2D eigenvalue weighted by Crippen LogP contribution is -2.34. The maximum Gasteiger partial charge on any atom is 0.225 e. The van der Waals surface area contributed by atoms with Gasteiger partial charge in [-0.1, -0.05) is 13.8 Å². The Balaban J connectivity index is 2.08. The lowest BCUT2D eigenvalue weighted by Gasteiger charge is -2.23. The van der Waals surface area contributed by atoms with E-state index in [4.69, 9.17) is 0 Å². The largest absolute Gasteiger partial charge is 0.340 e. The van der Waals surface area contributed by atoms with Gasteiger partial charge in [-0.2, -0.15) is 0 Å². The Labute approximate surface area is 97.1 Å². The van der Waals surface area contributed by atoms with Gasteiger partial charge in [0.2, 0.25) is 5.95 Å². The third kappa shape index (κ3) is 2.32. The fourth-order valence-electron chi connectivity index (χ4n) is 1.94. The minimum atomic E-state index is 0.493. The topological polar surface area (TPSA) is 41.1 Å². The minimum absolute atomic E-state index is 0.493. The molecule has 1 unspecified atom stereocenters. The van der Waals surface area contributed by atoms with Crippen molar-refractivity contribution < 1.29 is 0 Å². The van der Waals surface area contributed by atoms with Gasteiger partial charge in [0.25, 0.3) is 0 Å². The first-order valence-electron chi connectivity index (χ1n) is 5.94. The molecule has 4 heteroatoms. The summed E-state index contributed by atoms with van der Waals surface area (Å²) in [7, 11) is 2.07. The second-order valence-electron chi connectivity index (χ2n) is 4.73. The van der Waals surface area contributed by atoms with E-state index >= 15 is 0 Å². The lowest BCUT2D eigenvalue weighted by molar-refractivity contribution is 0.666. The van der Waals surface area contributed by atoms with E-state index in [0.717, 1.165) is 19.0 Å². The standard InChI is InChI=1S/C12H20N4/c1-9(2)10-6-14-12(15-7-10)16(3)11-4-5-13-8-11/h6-7,9,11,13H,4-5,8H2,1-3H3. The average Bonchev–Trinajstić information content (AvgIpc) is 2.81. The molecule has 0 radical (unpaired) electrons. The molecule has 88 valence electrons. The van der Waals surface area contributed by atoms with E-state index in [-0.39, 0.29) is 0 Å². The Morgan fingerprint density at radius 2 is 2.06 bits per heavy atom. The number of nitrogens with zero attached hydrogens (tertiary/aromatic N) is 3. The summed E-state index contributed by atoms with van der Waals surface area (Å²) in [5.41, 5.74) is 1.20. The Kier molecular flexibility index (Phi) is 3.39. The van der Waals surface area contributed by atoms with Crippen molar-refractivity contribution in [3.8, 4) is 0 Å². The highest BCUT2D eigenvalue weighted by molar-refractivity contribution is 5.31. The van der Waals surface area contributed by atoms with Gasteiger partial charge in [-0.25, -0.2) is 9.97 Å². The second-order valence-corrected chi connectivity index (χ2v) is 4.73. The molecule has 0 aliphatic carbocycles. The van der Waals surface area contributed by atoms with Gasteiger partial charge in [0.1, 0.15) is 0 Å². The van der Waals surface area contributed by atoms with Crippen molar-refractivity contribution in [2.75, 3.05) is 25.0 Å². The van der Waals surface area contributed by atoms with Crippen molar-refractivity contribution in [3.05, 3.63) is 18.0 Å². The zero-order valence-electron chi connectivity index (χ0n) is 10.3. The number of anilines is 1. The van der Waals surface area contributed by atoms with Gasteiger partial charge in [0.15, 0.2) is 0 Å². The van der Waals surface area contributed by atoms with Gasteiger partial charge >= 0.3 is 0 Å². The van der Waals surface area contributed by atoms with Crippen molar-refractivity contribution in [2.24, 2.45) is 0 Å². The van der Waals surface area contributed by atoms with Crippen LogP contribution in [-0.4, -0.2) is 36.1 Å². The SMILES string of the molecule is CC(C)c1cnc(N(C)C2CCNC2)nc1. The van der Waals surface area contributed by atoms with Crippen molar-refractivity contribution >= 4 is 5.95 Å². The number of rotatable bonds is 3. The lowest BCUT2D eigenvalue weighted by atomic mass is 10.1. The number of hydrogen-bond acceptors (Lipinski definition) is 4. The summed E-state index contributed by atoms with van der Waals surface area (Å²) in [4.78, 5) is 11.0. The fourth-order valence-corrected chi connectivity index (χ4v) is 1.94. The summed E-state index contributed by atoms with van der Waals surface area (Å²) >= 11 is 0. The highest BCUT2D eigenvalue weighted by Gasteiger charge is 2.20.